The number of aliphatic hydroxyl groups excluding tert-OH is 1. The normalized spacial score (nSPS) is 17.1. The number of hydrogen-bond donors (Lipinski definition) is 2. The number of carbonyl (C=O) groups excluding carboxylic acids is 2. The molecule has 1 aromatic heterocycles. The summed E-state index contributed by atoms with van der Waals surface area (Å²) < 4.78 is 13.9. The van der Waals surface area contributed by atoms with Crippen molar-refractivity contribution in [3.63, 3.8) is 0 Å². The Morgan fingerprint density at radius 1 is 0.973 bits per heavy atom. The number of aliphatic hydroxyl groups is 1. The molecule has 0 aliphatic carbocycles. The van der Waals surface area contributed by atoms with Crippen LogP contribution in [-0.2, 0) is 9.59 Å². The van der Waals surface area contributed by atoms with Gasteiger partial charge in [0.05, 0.1) is 22.6 Å². The molecule has 0 saturated carbocycles. The van der Waals surface area contributed by atoms with E-state index in [1.54, 1.807) is 6.92 Å². The second-order valence-electron chi connectivity index (χ2n) is 9.63. The van der Waals surface area contributed by atoms with Crippen molar-refractivity contribution in [3.05, 3.63) is 93.8 Å². The minimum atomic E-state index is -0.940. The Labute approximate surface area is 213 Å². The number of anilines is 2. The van der Waals surface area contributed by atoms with Crippen LogP contribution < -0.4 is 9.80 Å². The lowest BCUT2D eigenvalue weighted by atomic mass is 9.94. The average molecular weight is 499 g/mol. The van der Waals surface area contributed by atoms with Crippen LogP contribution in [-0.4, -0.2) is 40.9 Å². The third-order valence-electron chi connectivity index (χ3n) is 6.91. The van der Waals surface area contributed by atoms with Crippen molar-refractivity contribution in [3.8, 4) is 0 Å². The second-order valence-corrected chi connectivity index (χ2v) is 9.63. The van der Waals surface area contributed by atoms with Gasteiger partial charge in [-0.1, -0.05) is 12.1 Å². The van der Waals surface area contributed by atoms with Gasteiger partial charge in [-0.15, -0.1) is 0 Å². The van der Waals surface area contributed by atoms with E-state index in [0.29, 0.717) is 16.6 Å². The molecule has 37 heavy (non-hydrogen) atoms. The quantitative estimate of drug-likeness (QED) is 0.226. The van der Waals surface area contributed by atoms with Crippen molar-refractivity contribution in [1.29, 1.82) is 0 Å². The zero-order valence-corrected chi connectivity index (χ0v) is 21.3. The number of amides is 1. The number of imidazole rings is 1. The van der Waals surface area contributed by atoms with Crippen LogP contribution in [0.3, 0.4) is 0 Å². The van der Waals surface area contributed by atoms with Crippen molar-refractivity contribution in [2.75, 3.05) is 23.9 Å². The fourth-order valence-electron chi connectivity index (χ4n) is 4.64. The zero-order chi connectivity index (χ0) is 26.6. The first-order chi connectivity index (χ1) is 17.6. The topological polar surface area (TPSA) is 89.5 Å². The van der Waals surface area contributed by atoms with Gasteiger partial charge in [-0.2, -0.15) is 0 Å². The van der Waals surface area contributed by atoms with E-state index in [-0.39, 0.29) is 22.8 Å². The Morgan fingerprint density at radius 3 is 2.30 bits per heavy atom. The number of nitrogens with one attached hydrogen (secondary N) is 1. The predicted molar refractivity (Wildman–Crippen MR) is 142 cm³/mol. The van der Waals surface area contributed by atoms with Gasteiger partial charge < -0.3 is 15.0 Å². The smallest absolute Gasteiger partial charge is 0.302 e. The van der Waals surface area contributed by atoms with Gasteiger partial charge in [0, 0.05) is 25.3 Å². The van der Waals surface area contributed by atoms with Gasteiger partial charge in [0.15, 0.2) is 0 Å². The number of fused-ring (bicyclic) bond motifs is 1. The maximum Gasteiger partial charge on any atom is 0.302 e. The molecule has 2 heterocycles. The molecule has 188 valence electrons. The van der Waals surface area contributed by atoms with Crippen molar-refractivity contribution < 1.29 is 19.1 Å². The highest BCUT2D eigenvalue weighted by Crippen LogP contribution is 2.42. The molecule has 1 fully saturated rings. The first-order valence-electron chi connectivity index (χ1n) is 11.9. The Bertz CT molecular complexity index is 1560. The molecular formula is C29H27FN4O3. The fraction of sp³-hybridized carbons (Fsp3) is 0.207. The molecule has 0 spiro atoms. The number of nitrogens with zero attached hydrogens (tertiary/aromatic N) is 3. The molecule has 1 aliphatic heterocycles. The van der Waals surface area contributed by atoms with Crippen LogP contribution in [0.4, 0.5) is 16.0 Å². The van der Waals surface area contributed by atoms with E-state index in [9.17, 15) is 19.1 Å². The third-order valence-corrected chi connectivity index (χ3v) is 6.91. The molecule has 1 saturated heterocycles. The van der Waals surface area contributed by atoms with Gasteiger partial charge in [-0.25, -0.2) is 9.37 Å². The standard InChI is InChI=1S/C29H27FN4O3/c1-15-13-22-23(14-16(15)2)32-29(31-22)34-25(18-6-9-20(10-7-18)33(4)5)24(27(36)28(34)37)26(35)19-8-11-21(30)17(3)12-19/h6-14,25,35H,1-5H3,(H,31,32)/b26-24+. The first-order valence-corrected chi connectivity index (χ1v) is 11.9. The Kier molecular flexibility index (Phi) is 5.82. The number of Topliss-reactive ketones (excluding diaryl/α,β-unsaturated/α-hetero) is 1. The van der Waals surface area contributed by atoms with E-state index < -0.39 is 23.5 Å². The Hall–Kier alpha value is -4.46. The summed E-state index contributed by atoms with van der Waals surface area (Å²) in [5, 5.41) is 11.3. The van der Waals surface area contributed by atoms with Crippen molar-refractivity contribution >= 4 is 40.1 Å². The van der Waals surface area contributed by atoms with Crippen molar-refractivity contribution in [2.24, 2.45) is 0 Å². The van der Waals surface area contributed by atoms with Crippen LogP contribution in [0.5, 0.6) is 0 Å². The monoisotopic (exact) mass is 498 g/mol. The number of carbonyl (C=O) groups is 2. The summed E-state index contributed by atoms with van der Waals surface area (Å²) in [5.74, 6) is -2.24. The average Bonchev–Trinajstić information content (AvgIpc) is 3.38. The molecule has 8 heteroatoms. The number of aromatic nitrogens is 2. The lowest BCUT2D eigenvalue weighted by Gasteiger charge is -2.24. The van der Waals surface area contributed by atoms with Gasteiger partial charge in [-0.05, 0) is 85.5 Å². The minimum Gasteiger partial charge on any atom is -0.507 e. The fourth-order valence-corrected chi connectivity index (χ4v) is 4.64. The lowest BCUT2D eigenvalue weighted by Crippen LogP contribution is -2.30. The van der Waals surface area contributed by atoms with Crippen LogP contribution in [0, 0.1) is 26.6 Å². The number of rotatable bonds is 4. The predicted octanol–water partition coefficient (Wildman–Crippen LogP) is 5.32. The van der Waals surface area contributed by atoms with Gasteiger partial charge in [0.1, 0.15) is 11.6 Å². The van der Waals surface area contributed by atoms with E-state index in [0.717, 1.165) is 22.3 Å². The van der Waals surface area contributed by atoms with Gasteiger partial charge in [0.25, 0.3) is 5.78 Å². The summed E-state index contributed by atoms with van der Waals surface area (Å²) in [6.45, 7) is 5.53. The van der Waals surface area contributed by atoms with Gasteiger partial charge in [-0.3, -0.25) is 14.5 Å². The zero-order valence-electron chi connectivity index (χ0n) is 21.3. The molecule has 1 aliphatic rings. The molecule has 0 radical (unpaired) electrons. The molecule has 5 rings (SSSR count). The van der Waals surface area contributed by atoms with Gasteiger partial charge >= 0.3 is 5.91 Å². The third kappa shape index (κ3) is 4.04. The summed E-state index contributed by atoms with van der Waals surface area (Å²) in [6.07, 6.45) is 0. The van der Waals surface area contributed by atoms with E-state index in [1.165, 1.54) is 23.1 Å². The highest BCUT2D eigenvalue weighted by molar-refractivity contribution is 6.51. The summed E-state index contributed by atoms with van der Waals surface area (Å²) in [6, 6.07) is 14.4. The SMILES string of the molecule is Cc1cc2nc(N3C(=O)C(=O)/C(=C(/O)c4ccc(F)c(C)c4)C3c3ccc(N(C)C)cc3)[nH]c2cc1C. The number of benzene rings is 3. The van der Waals surface area contributed by atoms with E-state index >= 15 is 0 Å². The molecule has 0 bridgehead atoms. The van der Waals surface area contributed by atoms with Crippen LogP contribution >= 0.6 is 0 Å². The summed E-state index contributed by atoms with van der Waals surface area (Å²) in [7, 11) is 3.83. The molecule has 1 atom stereocenters. The highest BCUT2D eigenvalue weighted by atomic mass is 19.1. The summed E-state index contributed by atoms with van der Waals surface area (Å²) in [5.41, 5.74) is 5.55. The van der Waals surface area contributed by atoms with E-state index in [4.69, 9.17) is 0 Å². The number of halogens is 1. The van der Waals surface area contributed by atoms with Crippen LogP contribution in [0.1, 0.15) is 33.9 Å². The minimum absolute atomic E-state index is 0.0820. The van der Waals surface area contributed by atoms with Crippen LogP contribution in [0.25, 0.3) is 16.8 Å². The molecular weight excluding hydrogens is 471 g/mol. The van der Waals surface area contributed by atoms with Crippen molar-refractivity contribution in [2.45, 2.75) is 26.8 Å². The van der Waals surface area contributed by atoms with E-state index in [1.807, 2.05) is 69.2 Å². The number of aromatic amines is 1. The molecule has 7 nitrogen and oxygen atoms in total. The number of H-pyrrole nitrogens is 1. The molecule has 1 unspecified atom stereocenters. The van der Waals surface area contributed by atoms with E-state index in [2.05, 4.69) is 9.97 Å². The molecule has 4 aromatic rings. The second kappa shape index (κ2) is 8.89. The molecule has 3 aromatic carbocycles. The molecule has 2 N–H and O–H groups in total. The number of aryl methyl sites for hydroxylation is 3. The first kappa shape index (κ1) is 24.2. The summed E-state index contributed by atoms with van der Waals surface area (Å²) >= 11 is 0. The highest BCUT2D eigenvalue weighted by Gasteiger charge is 2.48. The number of ketones is 1. The lowest BCUT2D eigenvalue weighted by molar-refractivity contribution is -0.132. The van der Waals surface area contributed by atoms with Crippen LogP contribution in [0.2, 0.25) is 0 Å². The molecule has 1 amide bonds. The Morgan fingerprint density at radius 2 is 1.65 bits per heavy atom. The maximum atomic E-state index is 13.9. The largest absolute Gasteiger partial charge is 0.507 e. The summed E-state index contributed by atoms with van der Waals surface area (Å²) in [4.78, 5) is 37.9. The number of hydrogen-bond acceptors (Lipinski definition) is 5. The maximum absolute atomic E-state index is 13.9. The van der Waals surface area contributed by atoms with Crippen molar-refractivity contribution in [1.82, 2.24) is 9.97 Å². The van der Waals surface area contributed by atoms with Gasteiger partial charge in [0.2, 0.25) is 5.95 Å². The Balaban J connectivity index is 1.73. The van der Waals surface area contributed by atoms with Crippen LogP contribution in [0.15, 0.2) is 60.2 Å².